The van der Waals surface area contributed by atoms with E-state index in [0.29, 0.717) is 16.8 Å². The minimum absolute atomic E-state index is 0.353. The van der Waals surface area contributed by atoms with Crippen molar-refractivity contribution in [3.63, 3.8) is 0 Å². The molecule has 3 rings (SSSR count). The minimum atomic E-state index is -1.15. The van der Waals surface area contributed by atoms with Gasteiger partial charge in [0.25, 0.3) is 11.8 Å². The number of rotatable bonds is 7. The van der Waals surface area contributed by atoms with Gasteiger partial charge < -0.3 is 15.4 Å². The number of hydrogen-bond acceptors (Lipinski definition) is 4. The molecule has 0 fully saturated rings. The molecule has 0 aliphatic rings. The molecule has 0 saturated carbocycles. The van der Waals surface area contributed by atoms with Crippen molar-refractivity contribution < 1.29 is 19.1 Å². The van der Waals surface area contributed by atoms with Crippen molar-refractivity contribution in [1.29, 1.82) is 0 Å². The highest BCUT2D eigenvalue weighted by molar-refractivity contribution is 5.98. The molecule has 0 heterocycles. The molecule has 3 aromatic rings. The van der Waals surface area contributed by atoms with E-state index >= 15 is 0 Å². The summed E-state index contributed by atoms with van der Waals surface area (Å²) < 4.78 is 5.45. The Morgan fingerprint density at radius 3 is 2.03 bits per heavy atom. The summed E-state index contributed by atoms with van der Waals surface area (Å²) in [5, 5.41) is 5.33. The Labute approximate surface area is 181 Å². The first kappa shape index (κ1) is 21.8. The summed E-state index contributed by atoms with van der Waals surface area (Å²) in [5.41, 5.74) is 3.60. The van der Waals surface area contributed by atoms with E-state index in [1.165, 1.54) is 0 Å². The maximum absolute atomic E-state index is 13.0. The lowest BCUT2D eigenvalue weighted by atomic mass is 10.1. The molecule has 2 amide bonds. The fourth-order valence-electron chi connectivity index (χ4n) is 3.17. The van der Waals surface area contributed by atoms with Crippen molar-refractivity contribution in [1.82, 2.24) is 5.32 Å². The largest absolute Gasteiger partial charge is 0.446 e. The number of nitrogens with one attached hydrogen (secondary N) is 2. The van der Waals surface area contributed by atoms with E-state index in [0.717, 1.165) is 11.1 Å². The van der Waals surface area contributed by atoms with Crippen LogP contribution in [-0.4, -0.2) is 24.3 Å². The average Bonchev–Trinajstić information content (AvgIpc) is 2.76. The van der Waals surface area contributed by atoms with Crippen molar-refractivity contribution >= 4 is 23.5 Å². The van der Waals surface area contributed by atoms with Crippen LogP contribution in [0.25, 0.3) is 0 Å². The second-order valence-corrected chi connectivity index (χ2v) is 7.19. The zero-order valence-corrected chi connectivity index (χ0v) is 17.4. The van der Waals surface area contributed by atoms with Gasteiger partial charge in [-0.3, -0.25) is 14.4 Å². The molecule has 0 saturated heterocycles. The fourth-order valence-corrected chi connectivity index (χ4v) is 3.17. The maximum Gasteiger partial charge on any atom is 0.326 e. The van der Waals surface area contributed by atoms with Crippen molar-refractivity contribution in [3.8, 4) is 0 Å². The Kier molecular flexibility index (Phi) is 7.17. The Morgan fingerprint density at radius 2 is 1.42 bits per heavy atom. The van der Waals surface area contributed by atoms with Crippen LogP contribution in [-0.2, 0) is 14.3 Å². The molecule has 0 spiro atoms. The monoisotopic (exact) mass is 416 g/mol. The van der Waals surface area contributed by atoms with Crippen LogP contribution in [0.2, 0.25) is 0 Å². The van der Waals surface area contributed by atoms with E-state index < -0.39 is 23.9 Å². The second-order valence-electron chi connectivity index (χ2n) is 7.19. The number of hydrogen-bond donors (Lipinski definition) is 2. The lowest BCUT2D eigenvalue weighted by molar-refractivity contribution is -0.153. The molecule has 158 valence electrons. The van der Waals surface area contributed by atoms with Gasteiger partial charge in [-0.25, -0.2) is 0 Å². The normalized spacial score (nSPS) is 11.3. The number of esters is 1. The first-order valence-electron chi connectivity index (χ1n) is 9.89. The fraction of sp³-hybridized carbons (Fsp3) is 0.160. The molecule has 1 unspecified atom stereocenters. The summed E-state index contributed by atoms with van der Waals surface area (Å²) in [5.74, 6) is -1.58. The molecular formula is C25H24N2O4. The zero-order valence-electron chi connectivity index (χ0n) is 17.4. The molecule has 31 heavy (non-hydrogen) atoms. The van der Waals surface area contributed by atoms with Crippen molar-refractivity contribution in [3.05, 3.63) is 101 Å². The van der Waals surface area contributed by atoms with Gasteiger partial charge >= 0.3 is 5.97 Å². The van der Waals surface area contributed by atoms with Crippen LogP contribution in [0.5, 0.6) is 0 Å². The number of aryl methyl sites for hydroxylation is 2. The Hall–Kier alpha value is -3.93. The van der Waals surface area contributed by atoms with E-state index in [-0.39, 0.29) is 6.54 Å². The minimum Gasteiger partial charge on any atom is -0.446 e. The van der Waals surface area contributed by atoms with E-state index in [4.69, 9.17) is 4.74 Å². The summed E-state index contributed by atoms with van der Waals surface area (Å²) in [6.07, 6.45) is -1.15. The van der Waals surface area contributed by atoms with Gasteiger partial charge in [0.15, 0.2) is 0 Å². The lowest BCUT2D eigenvalue weighted by Gasteiger charge is -2.18. The van der Waals surface area contributed by atoms with Crippen molar-refractivity contribution in [2.45, 2.75) is 20.0 Å². The summed E-state index contributed by atoms with van der Waals surface area (Å²) in [4.78, 5) is 37.5. The van der Waals surface area contributed by atoms with Crippen LogP contribution in [0, 0.1) is 13.8 Å². The third-order valence-corrected chi connectivity index (χ3v) is 4.51. The third kappa shape index (κ3) is 6.27. The molecule has 0 bridgehead atoms. The molecule has 0 aliphatic carbocycles. The Morgan fingerprint density at radius 1 is 0.839 bits per heavy atom. The van der Waals surface area contributed by atoms with Crippen LogP contribution >= 0.6 is 0 Å². The highest BCUT2D eigenvalue weighted by Crippen LogP contribution is 2.21. The van der Waals surface area contributed by atoms with Gasteiger partial charge in [0.05, 0.1) is 0 Å². The predicted molar refractivity (Wildman–Crippen MR) is 119 cm³/mol. The number of carbonyl (C=O) groups excluding carboxylic acids is 3. The third-order valence-electron chi connectivity index (χ3n) is 4.51. The van der Waals surface area contributed by atoms with E-state index in [1.807, 2.05) is 38.1 Å². The standard InChI is InChI=1S/C25H24N2O4/c1-17-13-18(2)15-21(14-17)27-25(30)23(19-9-5-3-6-10-19)31-22(28)16-26-24(29)20-11-7-4-8-12-20/h3-15,23H,16H2,1-2H3,(H,26,29)(H,27,30). The molecule has 6 nitrogen and oxygen atoms in total. The van der Waals surface area contributed by atoms with E-state index in [1.54, 1.807) is 54.6 Å². The molecule has 6 heteroatoms. The smallest absolute Gasteiger partial charge is 0.326 e. The number of carbonyl (C=O) groups is 3. The molecule has 0 aliphatic heterocycles. The van der Waals surface area contributed by atoms with E-state index in [2.05, 4.69) is 10.6 Å². The highest BCUT2D eigenvalue weighted by atomic mass is 16.5. The number of anilines is 1. The topological polar surface area (TPSA) is 84.5 Å². The molecule has 1 atom stereocenters. The quantitative estimate of drug-likeness (QED) is 0.571. The summed E-state index contributed by atoms with van der Waals surface area (Å²) >= 11 is 0. The maximum atomic E-state index is 13.0. The predicted octanol–water partition coefficient (Wildman–Crippen LogP) is 3.96. The van der Waals surface area contributed by atoms with Gasteiger partial charge in [0, 0.05) is 16.8 Å². The van der Waals surface area contributed by atoms with Gasteiger partial charge in [-0.05, 0) is 49.2 Å². The van der Waals surface area contributed by atoms with Crippen LogP contribution in [0.3, 0.4) is 0 Å². The Bertz CT molecular complexity index is 1050. The molecule has 0 aromatic heterocycles. The van der Waals surface area contributed by atoms with Crippen LogP contribution < -0.4 is 10.6 Å². The molecular weight excluding hydrogens is 392 g/mol. The first-order chi connectivity index (χ1) is 14.9. The number of amides is 2. The van der Waals surface area contributed by atoms with Gasteiger partial charge in [0.2, 0.25) is 6.10 Å². The summed E-state index contributed by atoms with van der Waals surface area (Å²) in [7, 11) is 0. The molecule has 0 radical (unpaired) electrons. The summed E-state index contributed by atoms with van der Waals surface area (Å²) in [6.45, 7) is 3.52. The van der Waals surface area contributed by atoms with E-state index in [9.17, 15) is 14.4 Å². The highest BCUT2D eigenvalue weighted by Gasteiger charge is 2.25. The zero-order chi connectivity index (χ0) is 22.2. The van der Waals surface area contributed by atoms with Gasteiger partial charge in [-0.2, -0.15) is 0 Å². The van der Waals surface area contributed by atoms with Gasteiger partial charge in [0.1, 0.15) is 6.54 Å². The van der Waals surface area contributed by atoms with Crippen LogP contribution in [0.1, 0.15) is 33.2 Å². The Balaban J connectivity index is 1.69. The van der Waals surface area contributed by atoms with Crippen molar-refractivity contribution in [2.24, 2.45) is 0 Å². The van der Waals surface area contributed by atoms with Crippen molar-refractivity contribution in [2.75, 3.05) is 11.9 Å². The van der Waals surface area contributed by atoms with Crippen LogP contribution in [0.15, 0.2) is 78.9 Å². The summed E-state index contributed by atoms with van der Waals surface area (Å²) in [6, 6.07) is 23.0. The first-order valence-corrected chi connectivity index (χ1v) is 9.89. The molecule has 2 N–H and O–H groups in total. The van der Waals surface area contributed by atoms with Gasteiger partial charge in [-0.15, -0.1) is 0 Å². The van der Waals surface area contributed by atoms with Crippen LogP contribution in [0.4, 0.5) is 5.69 Å². The number of ether oxygens (including phenoxy) is 1. The SMILES string of the molecule is Cc1cc(C)cc(NC(=O)C(OC(=O)CNC(=O)c2ccccc2)c2ccccc2)c1. The number of benzene rings is 3. The van der Waals surface area contributed by atoms with Gasteiger partial charge in [-0.1, -0.05) is 54.6 Å². The molecule has 3 aromatic carbocycles. The average molecular weight is 416 g/mol. The second kappa shape index (κ2) is 10.2. The lowest BCUT2D eigenvalue weighted by Crippen LogP contribution is -2.33.